The summed E-state index contributed by atoms with van der Waals surface area (Å²) >= 11 is 0. The Morgan fingerprint density at radius 2 is 0.878 bits per heavy atom. The van der Waals surface area contributed by atoms with Gasteiger partial charge in [-0.1, -0.05) is 0 Å². The predicted molar refractivity (Wildman–Crippen MR) is 162 cm³/mol. The molecule has 0 spiro atoms. The number of ether oxygens (including phenoxy) is 13. The molecule has 0 saturated carbocycles. The normalized spacial score (nSPS) is 20.0. The molecule has 0 aliphatic carbocycles. The summed E-state index contributed by atoms with van der Waals surface area (Å²) in [7, 11) is 0. The molecule has 49 heavy (non-hydrogen) atoms. The van der Waals surface area contributed by atoms with Crippen molar-refractivity contribution in [1.29, 1.82) is 0 Å². The first-order valence-electron chi connectivity index (χ1n) is 15.8. The Morgan fingerprint density at radius 1 is 0.510 bits per heavy atom. The van der Waals surface area contributed by atoms with Gasteiger partial charge in [-0.25, -0.2) is 0 Å². The van der Waals surface area contributed by atoms with Crippen molar-refractivity contribution in [2.24, 2.45) is 0 Å². The molecule has 2 N–H and O–H groups in total. The number of carbonyl (C=O) groups excluding carboxylic acids is 4. The van der Waals surface area contributed by atoms with E-state index in [1.54, 1.807) is 0 Å². The van der Waals surface area contributed by atoms with E-state index in [9.17, 15) is 19.2 Å². The van der Waals surface area contributed by atoms with Gasteiger partial charge in [-0.15, -0.1) is 0 Å². The molecule has 0 unspecified atom stereocenters. The minimum atomic E-state index is -2.30. The Morgan fingerprint density at radius 3 is 1.24 bits per heavy atom. The first-order valence-corrected chi connectivity index (χ1v) is 15.8. The van der Waals surface area contributed by atoms with E-state index in [2.05, 4.69) is 0 Å². The number of aliphatic hydroxyl groups excluding tert-OH is 2. The highest BCUT2D eigenvalue weighted by atomic mass is 16.9. The second-order valence-electron chi connectivity index (χ2n) is 10.1. The predicted octanol–water partition coefficient (Wildman–Crippen LogP) is -1.49. The van der Waals surface area contributed by atoms with Gasteiger partial charge in [-0.05, 0) is 0 Å². The summed E-state index contributed by atoms with van der Waals surface area (Å²) in [6.07, 6.45) is -5.94. The second kappa shape index (κ2) is 27.2. The van der Waals surface area contributed by atoms with E-state index in [4.69, 9.17) is 71.8 Å². The third kappa shape index (κ3) is 20.0. The summed E-state index contributed by atoms with van der Waals surface area (Å²) < 4.78 is 72.0. The van der Waals surface area contributed by atoms with Crippen LogP contribution in [0.4, 0.5) is 0 Å². The van der Waals surface area contributed by atoms with Gasteiger partial charge in [-0.3, -0.25) is 19.2 Å². The SMILES string of the molecule is CC(=O)OC[C@H]1OC(OCCOCCOCCOCCO)(OCCOCCOCCOCCO)[C@H](OC(C)=O)[C@@H](OC(C)=O)[C@@H]1OC(C)=O. The fraction of sp³-hybridized carbons (Fsp3) is 0.867. The maximum absolute atomic E-state index is 12.3. The molecule has 1 saturated heterocycles. The van der Waals surface area contributed by atoms with Crippen molar-refractivity contribution < 1.29 is 91.0 Å². The van der Waals surface area contributed by atoms with E-state index in [0.717, 1.165) is 27.7 Å². The third-order valence-corrected chi connectivity index (χ3v) is 6.02. The maximum atomic E-state index is 12.3. The summed E-state index contributed by atoms with van der Waals surface area (Å²) in [5, 5.41) is 17.5. The van der Waals surface area contributed by atoms with E-state index < -0.39 is 60.9 Å². The van der Waals surface area contributed by atoms with Gasteiger partial charge in [0.05, 0.1) is 106 Å². The van der Waals surface area contributed by atoms with Crippen molar-refractivity contribution in [2.75, 3.05) is 112 Å². The highest BCUT2D eigenvalue weighted by Crippen LogP contribution is 2.38. The quantitative estimate of drug-likeness (QED) is 0.0389. The lowest BCUT2D eigenvalue weighted by Gasteiger charge is -2.49. The topological polar surface area (TPSA) is 229 Å². The Kier molecular flexibility index (Phi) is 24.7. The number of rotatable bonds is 29. The van der Waals surface area contributed by atoms with Crippen LogP contribution in [0.2, 0.25) is 0 Å². The van der Waals surface area contributed by atoms with Gasteiger partial charge in [-0.2, -0.15) is 0 Å². The highest BCUT2D eigenvalue weighted by molar-refractivity contribution is 5.68. The first-order chi connectivity index (χ1) is 23.6. The van der Waals surface area contributed by atoms with E-state index in [0.29, 0.717) is 26.4 Å². The zero-order valence-electron chi connectivity index (χ0n) is 28.7. The van der Waals surface area contributed by atoms with Crippen LogP contribution in [0.1, 0.15) is 27.7 Å². The summed E-state index contributed by atoms with van der Waals surface area (Å²) in [5.41, 5.74) is 0. The third-order valence-electron chi connectivity index (χ3n) is 6.02. The van der Waals surface area contributed by atoms with Crippen LogP contribution in [0.5, 0.6) is 0 Å². The highest BCUT2D eigenvalue weighted by Gasteiger charge is 2.62. The lowest BCUT2D eigenvalue weighted by Crippen LogP contribution is -2.70. The van der Waals surface area contributed by atoms with Crippen LogP contribution in [-0.4, -0.2) is 177 Å². The summed E-state index contributed by atoms with van der Waals surface area (Å²) in [6.45, 7) is 5.76. The molecule has 0 aromatic heterocycles. The maximum Gasteiger partial charge on any atom is 0.327 e. The standard InChI is InChI=1S/C30H52O19/c1-22(33)43-21-26-27(46-23(2)34)28(47-24(3)35)29(48-25(4)36)30(49-26,44-19-17-41-15-13-39-11-9-37-7-5-31)45-20-18-42-16-14-40-12-10-38-8-6-32/h26-29,31-32H,5-21H2,1-4H3/t26-,27-,28+,29-/m1/s1. The molecule has 0 aromatic carbocycles. The fourth-order valence-corrected chi connectivity index (χ4v) is 4.20. The lowest BCUT2D eigenvalue weighted by atomic mass is 9.96. The van der Waals surface area contributed by atoms with Crippen molar-refractivity contribution in [3.8, 4) is 0 Å². The van der Waals surface area contributed by atoms with Gasteiger partial charge in [0.1, 0.15) is 12.7 Å². The number of carbonyl (C=O) groups is 4. The first kappa shape index (κ1) is 44.5. The Hall–Kier alpha value is -2.56. The minimum absolute atomic E-state index is 0.0261. The smallest absolute Gasteiger partial charge is 0.327 e. The van der Waals surface area contributed by atoms with Crippen LogP contribution in [0, 0.1) is 0 Å². The van der Waals surface area contributed by atoms with Crippen LogP contribution >= 0.6 is 0 Å². The second-order valence-corrected chi connectivity index (χ2v) is 10.1. The molecular weight excluding hydrogens is 664 g/mol. The van der Waals surface area contributed by atoms with Crippen LogP contribution in [-0.2, 0) is 80.8 Å². The number of esters is 4. The molecule has 4 atom stereocenters. The Bertz CT molecular complexity index is 892. The molecule has 1 heterocycles. The van der Waals surface area contributed by atoms with Gasteiger partial charge in [0.25, 0.3) is 0 Å². The van der Waals surface area contributed by atoms with E-state index in [1.807, 2.05) is 0 Å². The lowest BCUT2D eigenvalue weighted by molar-refractivity contribution is -0.462. The molecule has 1 aliphatic heterocycles. The number of hydrogen-bond donors (Lipinski definition) is 2. The van der Waals surface area contributed by atoms with Crippen molar-refractivity contribution in [2.45, 2.75) is 58.1 Å². The Labute approximate surface area is 285 Å². The van der Waals surface area contributed by atoms with Gasteiger partial charge in [0.2, 0.25) is 6.10 Å². The monoisotopic (exact) mass is 716 g/mol. The molecule has 19 nitrogen and oxygen atoms in total. The molecule has 1 fully saturated rings. The van der Waals surface area contributed by atoms with Gasteiger partial charge < -0.3 is 71.8 Å². The summed E-state index contributed by atoms with van der Waals surface area (Å²) in [5.74, 6) is -5.44. The zero-order chi connectivity index (χ0) is 36.3. The van der Waals surface area contributed by atoms with Crippen LogP contribution < -0.4 is 0 Å². The van der Waals surface area contributed by atoms with Crippen molar-refractivity contribution in [3.63, 3.8) is 0 Å². The van der Waals surface area contributed by atoms with Crippen LogP contribution in [0.3, 0.4) is 0 Å². The molecule has 1 aliphatic rings. The number of hydrogen-bond acceptors (Lipinski definition) is 19. The van der Waals surface area contributed by atoms with E-state index >= 15 is 0 Å². The average molecular weight is 717 g/mol. The van der Waals surface area contributed by atoms with Crippen molar-refractivity contribution >= 4 is 23.9 Å². The van der Waals surface area contributed by atoms with Crippen molar-refractivity contribution in [1.82, 2.24) is 0 Å². The minimum Gasteiger partial charge on any atom is -0.463 e. The van der Waals surface area contributed by atoms with Crippen molar-refractivity contribution in [3.05, 3.63) is 0 Å². The van der Waals surface area contributed by atoms with Gasteiger partial charge >= 0.3 is 29.9 Å². The largest absolute Gasteiger partial charge is 0.463 e. The molecule has 1 rings (SSSR count). The van der Waals surface area contributed by atoms with Crippen LogP contribution in [0.25, 0.3) is 0 Å². The summed E-state index contributed by atoms with van der Waals surface area (Å²) in [6, 6.07) is 0. The summed E-state index contributed by atoms with van der Waals surface area (Å²) in [4.78, 5) is 48.4. The van der Waals surface area contributed by atoms with Gasteiger partial charge in [0.15, 0.2) is 12.2 Å². The van der Waals surface area contributed by atoms with E-state index in [-0.39, 0.29) is 79.3 Å². The van der Waals surface area contributed by atoms with E-state index in [1.165, 1.54) is 0 Å². The van der Waals surface area contributed by atoms with Gasteiger partial charge in [0, 0.05) is 27.7 Å². The Balaban J connectivity index is 3.10. The van der Waals surface area contributed by atoms with Crippen LogP contribution in [0.15, 0.2) is 0 Å². The average Bonchev–Trinajstić information content (AvgIpc) is 3.04. The zero-order valence-corrected chi connectivity index (χ0v) is 28.7. The fourth-order valence-electron chi connectivity index (χ4n) is 4.20. The molecule has 0 bridgehead atoms. The molecule has 0 aromatic rings. The number of aliphatic hydroxyl groups is 2. The molecule has 19 heteroatoms. The molecular formula is C30H52O19. The molecule has 286 valence electrons. The molecule has 0 amide bonds. The molecule has 0 radical (unpaired) electrons.